The number of nitrogens with one attached hydrogen (secondary N) is 2. The van der Waals surface area contributed by atoms with Gasteiger partial charge in [-0.25, -0.2) is 0 Å². The molecule has 3 aromatic rings. The molecule has 0 saturated carbocycles. The molecule has 2 nitrogen and oxygen atoms in total. The highest BCUT2D eigenvalue weighted by atomic mass is 14.8. The number of aryl methyl sites for hydroxylation is 2. The quantitative estimate of drug-likeness (QED) is 0.433. The van der Waals surface area contributed by atoms with E-state index in [0.29, 0.717) is 5.92 Å². The van der Waals surface area contributed by atoms with Crippen molar-refractivity contribution in [2.75, 3.05) is 12.4 Å². The van der Waals surface area contributed by atoms with Crippen molar-refractivity contribution in [3.63, 3.8) is 0 Å². The van der Waals surface area contributed by atoms with Crippen LogP contribution >= 0.6 is 0 Å². The summed E-state index contributed by atoms with van der Waals surface area (Å²) in [7, 11) is 1.93. The number of benzene rings is 2. The molecule has 2 heteroatoms. The Kier molecular flexibility index (Phi) is 8.63. The topological polar surface area (TPSA) is 27.8 Å². The summed E-state index contributed by atoms with van der Waals surface area (Å²) in [5.74, 6) is 1.44. The maximum atomic E-state index is 3.57. The smallest absolute Gasteiger partial charge is 0.0456 e. The van der Waals surface area contributed by atoms with Crippen LogP contribution < -0.4 is 5.32 Å². The third kappa shape index (κ3) is 6.44. The molecule has 2 atom stereocenters. The second kappa shape index (κ2) is 10.9. The Morgan fingerprint density at radius 3 is 2.29 bits per heavy atom. The molecule has 152 valence electrons. The first-order valence-electron chi connectivity index (χ1n) is 10.8. The summed E-state index contributed by atoms with van der Waals surface area (Å²) in [5, 5.41) is 4.43. The number of H-pyrrole nitrogens is 1. The van der Waals surface area contributed by atoms with Gasteiger partial charge in [-0.2, -0.15) is 0 Å². The number of rotatable bonds is 7. The summed E-state index contributed by atoms with van der Waals surface area (Å²) in [4.78, 5) is 3.57. The van der Waals surface area contributed by atoms with Crippen LogP contribution in [0.3, 0.4) is 0 Å². The molecular weight excluding hydrogens is 340 g/mol. The predicted octanol–water partition coefficient (Wildman–Crippen LogP) is 7.70. The molecule has 3 rings (SSSR count). The molecule has 0 radical (unpaired) electrons. The summed E-state index contributed by atoms with van der Waals surface area (Å²) in [5.41, 5.74) is 6.56. The molecule has 0 fully saturated rings. The molecule has 28 heavy (non-hydrogen) atoms. The van der Waals surface area contributed by atoms with Crippen LogP contribution in [0.4, 0.5) is 5.69 Å². The van der Waals surface area contributed by atoms with Gasteiger partial charge in [-0.05, 0) is 72.9 Å². The van der Waals surface area contributed by atoms with Gasteiger partial charge < -0.3 is 10.3 Å². The van der Waals surface area contributed by atoms with Gasteiger partial charge in [0.1, 0.15) is 0 Å². The third-order valence-corrected chi connectivity index (χ3v) is 5.52. The summed E-state index contributed by atoms with van der Waals surface area (Å²) >= 11 is 0. The van der Waals surface area contributed by atoms with Gasteiger partial charge >= 0.3 is 0 Å². The predicted molar refractivity (Wildman–Crippen MR) is 126 cm³/mol. The van der Waals surface area contributed by atoms with Crippen molar-refractivity contribution in [3.05, 3.63) is 65.4 Å². The normalized spacial score (nSPS) is 12.9. The van der Waals surface area contributed by atoms with Crippen LogP contribution in [-0.4, -0.2) is 12.0 Å². The zero-order valence-electron chi connectivity index (χ0n) is 18.6. The number of aromatic nitrogens is 1. The lowest BCUT2D eigenvalue weighted by Crippen LogP contribution is -2.02. The minimum absolute atomic E-state index is 0.624. The van der Waals surface area contributed by atoms with Crippen LogP contribution in [0.25, 0.3) is 10.9 Å². The van der Waals surface area contributed by atoms with Crippen molar-refractivity contribution in [1.29, 1.82) is 0 Å². The Balaban J connectivity index is 0.000000237. The first-order valence-corrected chi connectivity index (χ1v) is 10.8. The summed E-state index contributed by atoms with van der Waals surface area (Å²) in [6.07, 6.45) is 5.02. The molecule has 0 aliphatic heterocycles. The van der Waals surface area contributed by atoms with Crippen LogP contribution in [0.1, 0.15) is 69.7 Å². The minimum atomic E-state index is 0.624. The van der Waals surface area contributed by atoms with E-state index in [2.05, 4.69) is 93.5 Å². The molecule has 0 aliphatic carbocycles. The number of anilines is 1. The Bertz CT molecular complexity index is 806. The van der Waals surface area contributed by atoms with Gasteiger partial charge in [-0.3, -0.25) is 0 Å². The van der Waals surface area contributed by atoms with Crippen molar-refractivity contribution in [2.45, 2.75) is 66.2 Å². The largest absolute Gasteiger partial charge is 0.388 e. The van der Waals surface area contributed by atoms with Gasteiger partial charge in [0.25, 0.3) is 0 Å². The first-order chi connectivity index (χ1) is 13.5. The average molecular weight is 379 g/mol. The highest BCUT2D eigenvalue weighted by Gasteiger charge is 2.12. The van der Waals surface area contributed by atoms with Crippen molar-refractivity contribution in [1.82, 2.24) is 4.98 Å². The van der Waals surface area contributed by atoms with Gasteiger partial charge in [0.05, 0.1) is 0 Å². The maximum Gasteiger partial charge on any atom is 0.0456 e. The summed E-state index contributed by atoms with van der Waals surface area (Å²) in [6.45, 7) is 11.3. The lowest BCUT2D eigenvalue weighted by molar-refractivity contribution is 0.445. The molecule has 2 N–H and O–H groups in total. The van der Waals surface area contributed by atoms with E-state index in [9.17, 15) is 0 Å². The van der Waals surface area contributed by atoms with E-state index >= 15 is 0 Å². The average Bonchev–Trinajstić information content (AvgIpc) is 3.12. The minimum Gasteiger partial charge on any atom is -0.388 e. The standard InChI is InChI=1S/C17H25N.C9H13N/c1-5-6-12(2)9-14(4)17-11-15-10-13(3)7-8-16(15)18-17;1-3-8-4-6-9(10-2)7-5-8/h7-8,10-12,14,18H,5-6,9H2,1-4H3;4-7,10H,3H2,1-2H3. The van der Waals surface area contributed by atoms with E-state index in [1.54, 1.807) is 0 Å². The van der Waals surface area contributed by atoms with Gasteiger partial charge in [-0.15, -0.1) is 0 Å². The highest BCUT2D eigenvalue weighted by molar-refractivity contribution is 5.81. The third-order valence-electron chi connectivity index (χ3n) is 5.52. The van der Waals surface area contributed by atoms with Crippen molar-refractivity contribution < 1.29 is 0 Å². The number of aromatic amines is 1. The first kappa shape index (κ1) is 22.1. The van der Waals surface area contributed by atoms with Crippen molar-refractivity contribution >= 4 is 16.6 Å². The van der Waals surface area contributed by atoms with E-state index < -0.39 is 0 Å². The molecular formula is C26H38N2. The molecule has 0 spiro atoms. The molecule has 0 bridgehead atoms. The van der Waals surface area contributed by atoms with E-state index in [-0.39, 0.29) is 0 Å². The fourth-order valence-electron chi connectivity index (χ4n) is 3.79. The Morgan fingerprint density at radius 1 is 0.964 bits per heavy atom. The van der Waals surface area contributed by atoms with E-state index in [4.69, 9.17) is 0 Å². The fourth-order valence-corrected chi connectivity index (χ4v) is 3.79. The van der Waals surface area contributed by atoms with E-state index in [1.807, 2.05) is 7.05 Å². The SMILES string of the molecule is CCCC(C)CC(C)c1cc2cc(C)ccc2[nH]1.CCc1ccc(NC)cc1. The Labute approximate surface area is 171 Å². The Morgan fingerprint density at radius 2 is 1.68 bits per heavy atom. The molecule has 1 aromatic heterocycles. The lowest BCUT2D eigenvalue weighted by atomic mass is 9.92. The van der Waals surface area contributed by atoms with E-state index in [1.165, 1.54) is 52.7 Å². The number of hydrogen-bond acceptors (Lipinski definition) is 1. The van der Waals surface area contributed by atoms with Crippen LogP contribution in [0.5, 0.6) is 0 Å². The fraction of sp³-hybridized carbons (Fsp3) is 0.462. The number of fused-ring (bicyclic) bond motifs is 1. The zero-order valence-corrected chi connectivity index (χ0v) is 18.6. The van der Waals surface area contributed by atoms with Crippen molar-refractivity contribution in [3.8, 4) is 0 Å². The molecule has 2 aromatic carbocycles. The maximum absolute atomic E-state index is 3.57. The monoisotopic (exact) mass is 378 g/mol. The summed E-state index contributed by atoms with van der Waals surface area (Å²) < 4.78 is 0. The van der Waals surface area contributed by atoms with Crippen LogP contribution in [0.2, 0.25) is 0 Å². The van der Waals surface area contributed by atoms with Crippen molar-refractivity contribution in [2.24, 2.45) is 5.92 Å². The second-order valence-electron chi connectivity index (χ2n) is 8.15. The molecule has 0 aliphatic rings. The van der Waals surface area contributed by atoms with Crippen LogP contribution in [0.15, 0.2) is 48.5 Å². The van der Waals surface area contributed by atoms with Gasteiger partial charge in [0.15, 0.2) is 0 Å². The summed E-state index contributed by atoms with van der Waals surface area (Å²) in [6, 6.07) is 17.4. The zero-order chi connectivity index (χ0) is 20.5. The van der Waals surface area contributed by atoms with Crippen LogP contribution in [-0.2, 0) is 6.42 Å². The van der Waals surface area contributed by atoms with E-state index in [0.717, 1.165) is 12.3 Å². The van der Waals surface area contributed by atoms with Crippen LogP contribution in [0, 0.1) is 12.8 Å². The molecule has 2 unspecified atom stereocenters. The van der Waals surface area contributed by atoms with Gasteiger partial charge in [-0.1, -0.05) is 64.3 Å². The van der Waals surface area contributed by atoms with Gasteiger partial charge in [0, 0.05) is 23.9 Å². The number of hydrogen-bond donors (Lipinski definition) is 2. The Hall–Kier alpha value is -2.22. The molecule has 0 saturated heterocycles. The second-order valence-corrected chi connectivity index (χ2v) is 8.15. The lowest BCUT2D eigenvalue weighted by Gasteiger charge is -2.15. The highest BCUT2D eigenvalue weighted by Crippen LogP contribution is 2.28. The van der Waals surface area contributed by atoms with Gasteiger partial charge in [0.2, 0.25) is 0 Å². The molecule has 1 heterocycles. The molecule has 0 amide bonds.